The Morgan fingerprint density at radius 2 is 2.11 bits per heavy atom. The number of ether oxygens (including phenoxy) is 1. The summed E-state index contributed by atoms with van der Waals surface area (Å²) in [6.07, 6.45) is 4.52. The fraction of sp³-hybridized carbons (Fsp3) is 0.462. The Morgan fingerprint density at radius 1 is 1.39 bits per heavy atom. The zero-order valence-corrected chi connectivity index (χ0v) is 11.8. The Balaban J connectivity index is 1.98. The first kappa shape index (κ1) is 13.4. The molecular formula is C13H16BrNO3. The van der Waals surface area contributed by atoms with Crippen LogP contribution in [0.2, 0.25) is 0 Å². The molecule has 0 spiro atoms. The minimum Gasteiger partial charge on any atom is -0.497 e. The molecule has 0 heterocycles. The Bertz CT molecular complexity index is 430. The van der Waals surface area contributed by atoms with Crippen LogP contribution in [0.4, 0.5) is 0 Å². The van der Waals surface area contributed by atoms with Crippen LogP contribution in [0, 0.1) is 0 Å². The molecule has 5 heteroatoms. The fourth-order valence-corrected chi connectivity index (χ4v) is 2.43. The van der Waals surface area contributed by atoms with Gasteiger partial charge in [-0.05, 0) is 47.0 Å². The highest BCUT2D eigenvalue weighted by Gasteiger charge is 2.18. The largest absolute Gasteiger partial charge is 0.497 e. The van der Waals surface area contributed by atoms with E-state index >= 15 is 0 Å². The van der Waals surface area contributed by atoms with E-state index in [4.69, 9.17) is 9.57 Å². The molecule has 1 aliphatic rings. The van der Waals surface area contributed by atoms with Gasteiger partial charge in [-0.2, -0.15) is 0 Å². The monoisotopic (exact) mass is 313 g/mol. The molecule has 0 aromatic heterocycles. The van der Waals surface area contributed by atoms with E-state index in [-0.39, 0.29) is 12.0 Å². The quantitative estimate of drug-likeness (QED) is 0.869. The van der Waals surface area contributed by atoms with Gasteiger partial charge in [-0.3, -0.25) is 9.63 Å². The highest BCUT2D eigenvalue weighted by atomic mass is 79.9. The molecule has 1 aliphatic carbocycles. The Morgan fingerprint density at radius 3 is 2.78 bits per heavy atom. The maximum atomic E-state index is 12.0. The zero-order chi connectivity index (χ0) is 13.0. The molecule has 0 aliphatic heterocycles. The van der Waals surface area contributed by atoms with Gasteiger partial charge >= 0.3 is 0 Å². The first-order valence-corrected chi connectivity index (χ1v) is 6.79. The van der Waals surface area contributed by atoms with Crippen LogP contribution in [0.5, 0.6) is 5.75 Å². The molecule has 1 saturated carbocycles. The molecule has 1 aromatic carbocycles. The van der Waals surface area contributed by atoms with Crippen molar-refractivity contribution in [3.05, 3.63) is 28.2 Å². The van der Waals surface area contributed by atoms with Crippen molar-refractivity contribution >= 4 is 21.8 Å². The molecular weight excluding hydrogens is 298 g/mol. The number of carbonyl (C=O) groups excluding carboxylic acids is 1. The molecule has 4 nitrogen and oxygen atoms in total. The van der Waals surface area contributed by atoms with E-state index < -0.39 is 0 Å². The van der Waals surface area contributed by atoms with Crippen molar-refractivity contribution in [2.45, 2.75) is 31.8 Å². The first-order chi connectivity index (χ1) is 8.70. The van der Waals surface area contributed by atoms with E-state index in [1.807, 2.05) is 0 Å². The summed E-state index contributed by atoms with van der Waals surface area (Å²) in [5.41, 5.74) is 3.02. The highest BCUT2D eigenvalue weighted by Crippen LogP contribution is 2.23. The van der Waals surface area contributed by atoms with E-state index in [1.54, 1.807) is 25.3 Å². The number of rotatable bonds is 4. The molecule has 2 rings (SSSR count). The highest BCUT2D eigenvalue weighted by molar-refractivity contribution is 9.10. The van der Waals surface area contributed by atoms with Crippen molar-refractivity contribution in [3.8, 4) is 5.75 Å². The molecule has 1 amide bonds. The second-order valence-electron chi connectivity index (χ2n) is 4.30. The Hall–Kier alpha value is -1.07. The molecule has 1 aromatic rings. The van der Waals surface area contributed by atoms with Gasteiger partial charge in [0.05, 0.1) is 18.8 Å². The number of hydrogen-bond acceptors (Lipinski definition) is 3. The van der Waals surface area contributed by atoms with Gasteiger partial charge in [0.25, 0.3) is 5.91 Å². The van der Waals surface area contributed by atoms with Crippen LogP contribution >= 0.6 is 15.9 Å². The summed E-state index contributed by atoms with van der Waals surface area (Å²) in [4.78, 5) is 17.4. The van der Waals surface area contributed by atoms with Crippen molar-refractivity contribution in [1.29, 1.82) is 0 Å². The van der Waals surface area contributed by atoms with Crippen LogP contribution in [0.1, 0.15) is 36.0 Å². The predicted octanol–water partition coefficient (Wildman–Crippen LogP) is 3.06. The SMILES string of the molecule is COc1ccc(Br)c(C(=O)NOC2CCCC2)c1. The number of halogens is 1. The summed E-state index contributed by atoms with van der Waals surface area (Å²) in [6, 6.07) is 5.25. The Labute approximate surface area is 115 Å². The molecule has 0 radical (unpaired) electrons. The Kier molecular flexibility index (Phi) is 4.60. The second-order valence-corrected chi connectivity index (χ2v) is 5.16. The lowest BCUT2D eigenvalue weighted by Crippen LogP contribution is -2.28. The number of methoxy groups -OCH3 is 1. The molecule has 1 N–H and O–H groups in total. The normalized spacial score (nSPS) is 15.7. The molecule has 0 saturated heterocycles. The molecule has 1 fully saturated rings. The van der Waals surface area contributed by atoms with Gasteiger partial charge in [-0.1, -0.05) is 12.8 Å². The van der Waals surface area contributed by atoms with Gasteiger partial charge in [0.1, 0.15) is 5.75 Å². The van der Waals surface area contributed by atoms with E-state index in [0.717, 1.165) is 17.3 Å². The summed E-state index contributed by atoms with van der Waals surface area (Å²) < 4.78 is 5.81. The summed E-state index contributed by atoms with van der Waals surface area (Å²) in [7, 11) is 1.57. The minimum absolute atomic E-state index is 0.151. The number of carbonyl (C=O) groups is 1. The summed E-state index contributed by atoms with van der Waals surface area (Å²) in [5, 5.41) is 0. The third-order valence-corrected chi connectivity index (χ3v) is 3.73. The van der Waals surface area contributed by atoms with Gasteiger partial charge in [0.2, 0.25) is 0 Å². The van der Waals surface area contributed by atoms with Crippen LogP contribution in [-0.4, -0.2) is 19.1 Å². The van der Waals surface area contributed by atoms with Crippen LogP contribution in [0.15, 0.2) is 22.7 Å². The lowest BCUT2D eigenvalue weighted by Gasteiger charge is -2.12. The third-order valence-electron chi connectivity index (χ3n) is 3.04. The van der Waals surface area contributed by atoms with Crippen LogP contribution in [0.25, 0.3) is 0 Å². The maximum Gasteiger partial charge on any atom is 0.276 e. The molecule has 0 bridgehead atoms. The third kappa shape index (κ3) is 3.23. The molecule has 0 atom stereocenters. The summed E-state index contributed by atoms with van der Waals surface area (Å²) in [5.74, 6) is 0.386. The standard InChI is InChI=1S/C13H16BrNO3/c1-17-10-6-7-12(14)11(8-10)13(16)15-18-9-4-2-3-5-9/h6-9H,2-5H2,1H3,(H,15,16). The van der Waals surface area contributed by atoms with E-state index in [9.17, 15) is 4.79 Å². The van der Waals surface area contributed by atoms with Gasteiger partial charge < -0.3 is 4.74 Å². The van der Waals surface area contributed by atoms with Gasteiger partial charge in [0.15, 0.2) is 0 Å². The predicted molar refractivity (Wildman–Crippen MR) is 71.5 cm³/mol. The molecule has 0 unspecified atom stereocenters. The summed E-state index contributed by atoms with van der Waals surface area (Å²) >= 11 is 3.34. The number of benzene rings is 1. The zero-order valence-electron chi connectivity index (χ0n) is 10.2. The average Bonchev–Trinajstić information content (AvgIpc) is 2.89. The van der Waals surface area contributed by atoms with Crippen molar-refractivity contribution in [2.75, 3.05) is 7.11 Å². The molecule has 98 valence electrons. The van der Waals surface area contributed by atoms with E-state index in [2.05, 4.69) is 21.4 Å². The van der Waals surface area contributed by atoms with Crippen LogP contribution in [0.3, 0.4) is 0 Å². The number of nitrogens with one attached hydrogen (secondary N) is 1. The van der Waals surface area contributed by atoms with Gasteiger partial charge in [0, 0.05) is 4.47 Å². The fourth-order valence-electron chi connectivity index (χ4n) is 2.00. The second kappa shape index (κ2) is 6.20. The minimum atomic E-state index is -0.257. The van der Waals surface area contributed by atoms with Gasteiger partial charge in [-0.15, -0.1) is 0 Å². The van der Waals surface area contributed by atoms with Crippen molar-refractivity contribution < 1.29 is 14.4 Å². The lowest BCUT2D eigenvalue weighted by atomic mass is 10.2. The topological polar surface area (TPSA) is 47.6 Å². The van der Waals surface area contributed by atoms with E-state index in [0.29, 0.717) is 11.3 Å². The van der Waals surface area contributed by atoms with Crippen LogP contribution < -0.4 is 10.2 Å². The first-order valence-electron chi connectivity index (χ1n) is 6.00. The van der Waals surface area contributed by atoms with Crippen molar-refractivity contribution in [3.63, 3.8) is 0 Å². The number of amides is 1. The number of hydrogen-bond donors (Lipinski definition) is 1. The van der Waals surface area contributed by atoms with E-state index in [1.165, 1.54) is 12.8 Å². The number of hydroxylamine groups is 1. The lowest BCUT2D eigenvalue weighted by molar-refractivity contribution is -0.0125. The van der Waals surface area contributed by atoms with Crippen molar-refractivity contribution in [1.82, 2.24) is 5.48 Å². The smallest absolute Gasteiger partial charge is 0.276 e. The molecule has 18 heavy (non-hydrogen) atoms. The maximum absolute atomic E-state index is 12.0. The van der Waals surface area contributed by atoms with Gasteiger partial charge in [-0.25, -0.2) is 5.48 Å². The van der Waals surface area contributed by atoms with Crippen molar-refractivity contribution in [2.24, 2.45) is 0 Å². The van der Waals surface area contributed by atoms with Crippen LogP contribution in [-0.2, 0) is 4.84 Å². The average molecular weight is 314 g/mol. The summed E-state index contributed by atoms with van der Waals surface area (Å²) in [6.45, 7) is 0.